The van der Waals surface area contributed by atoms with Gasteiger partial charge < -0.3 is 10.4 Å². The van der Waals surface area contributed by atoms with E-state index in [-0.39, 0.29) is 17.0 Å². The zero-order chi connectivity index (χ0) is 19.9. The number of rotatable bonds is 10. The second-order valence-electron chi connectivity index (χ2n) is 6.76. The van der Waals surface area contributed by atoms with E-state index >= 15 is 0 Å². The standard InChI is InChI=1S/C20H26N2O4S/c1-15(2)10-12-21-18-9-8-17(20(23)24)14-19(18)27(25,26)22-13-11-16-6-4-3-5-7-16/h3-9,14-15,21-22H,10-13H2,1-2H3,(H,23,24). The maximum absolute atomic E-state index is 12.8. The number of carbonyl (C=O) groups is 1. The van der Waals surface area contributed by atoms with Gasteiger partial charge in [0, 0.05) is 13.1 Å². The van der Waals surface area contributed by atoms with Gasteiger partial charge in [0.1, 0.15) is 4.90 Å². The molecule has 0 aliphatic rings. The summed E-state index contributed by atoms with van der Waals surface area (Å²) >= 11 is 0. The number of benzene rings is 2. The number of carboxylic acid groups (broad SMARTS) is 1. The molecule has 0 amide bonds. The molecule has 0 saturated carbocycles. The van der Waals surface area contributed by atoms with E-state index in [1.165, 1.54) is 18.2 Å². The fourth-order valence-electron chi connectivity index (χ4n) is 2.57. The highest BCUT2D eigenvalue weighted by Crippen LogP contribution is 2.23. The van der Waals surface area contributed by atoms with Gasteiger partial charge in [-0.2, -0.15) is 0 Å². The van der Waals surface area contributed by atoms with Gasteiger partial charge >= 0.3 is 5.97 Å². The van der Waals surface area contributed by atoms with Crippen LogP contribution in [0.5, 0.6) is 0 Å². The first-order valence-corrected chi connectivity index (χ1v) is 10.4. The Kier molecular flexibility index (Phi) is 7.38. The number of sulfonamides is 1. The van der Waals surface area contributed by atoms with Crippen molar-refractivity contribution in [3.8, 4) is 0 Å². The summed E-state index contributed by atoms with van der Waals surface area (Å²) in [5.74, 6) is -0.690. The Morgan fingerprint density at radius 2 is 1.78 bits per heavy atom. The SMILES string of the molecule is CC(C)CCNc1ccc(C(=O)O)cc1S(=O)(=O)NCCc1ccccc1. The predicted octanol–water partition coefficient (Wildman–Crippen LogP) is 3.36. The van der Waals surface area contributed by atoms with Gasteiger partial charge in [0.25, 0.3) is 0 Å². The number of hydrogen-bond acceptors (Lipinski definition) is 4. The van der Waals surface area contributed by atoms with Crippen molar-refractivity contribution in [2.24, 2.45) is 5.92 Å². The average molecular weight is 391 g/mol. The third-order valence-corrected chi connectivity index (χ3v) is 5.60. The van der Waals surface area contributed by atoms with E-state index in [0.29, 0.717) is 24.6 Å². The normalized spacial score (nSPS) is 11.5. The number of aromatic carboxylic acids is 1. The summed E-state index contributed by atoms with van der Waals surface area (Å²) < 4.78 is 28.1. The highest BCUT2D eigenvalue weighted by atomic mass is 32.2. The molecule has 146 valence electrons. The summed E-state index contributed by atoms with van der Waals surface area (Å²) in [5.41, 5.74) is 1.37. The molecule has 2 aromatic carbocycles. The van der Waals surface area contributed by atoms with E-state index in [1.807, 2.05) is 30.3 Å². The zero-order valence-electron chi connectivity index (χ0n) is 15.6. The van der Waals surface area contributed by atoms with Crippen molar-refractivity contribution in [1.82, 2.24) is 4.72 Å². The maximum Gasteiger partial charge on any atom is 0.335 e. The van der Waals surface area contributed by atoms with Crippen molar-refractivity contribution in [2.75, 3.05) is 18.4 Å². The fraction of sp³-hybridized carbons (Fsp3) is 0.350. The van der Waals surface area contributed by atoms with E-state index in [2.05, 4.69) is 23.9 Å². The van der Waals surface area contributed by atoms with Crippen LogP contribution in [0.15, 0.2) is 53.4 Å². The predicted molar refractivity (Wildman–Crippen MR) is 107 cm³/mol. The molecule has 3 N–H and O–H groups in total. The lowest BCUT2D eigenvalue weighted by atomic mass is 10.1. The number of anilines is 1. The van der Waals surface area contributed by atoms with Crippen LogP contribution in [0.3, 0.4) is 0 Å². The van der Waals surface area contributed by atoms with Crippen LogP contribution in [0.4, 0.5) is 5.69 Å². The minimum absolute atomic E-state index is 0.0424. The first kappa shape index (κ1) is 20.9. The Morgan fingerprint density at radius 3 is 2.41 bits per heavy atom. The first-order valence-electron chi connectivity index (χ1n) is 8.94. The Morgan fingerprint density at radius 1 is 1.07 bits per heavy atom. The highest BCUT2D eigenvalue weighted by Gasteiger charge is 2.20. The van der Waals surface area contributed by atoms with Crippen LogP contribution in [0.25, 0.3) is 0 Å². The van der Waals surface area contributed by atoms with Crippen molar-refractivity contribution in [2.45, 2.75) is 31.6 Å². The lowest BCUT2D eigenvalue weighted by Crippen LogP contribution is -2.27. The van der Waals surface area contributed by atoms with E-state index in [1.54, 1.807) is 0 Å². The summed E-state index contributed by atoms with van der Waals surface area (Å²) in [6.07, 6.45) is 1.43. The van der Waals surface area contributed by atoms with Crippen molar-refractivity contribution in [3.05, 3.63) is 59.7 Å². The summed E-state index contributed by atoms with van der Waals surface area (Å²) in [6, 6.07) is 13.7. The molecule has 2 rings (SSSR count). The number of carboxylic acids is 1. The Bertz CT molecular complexity index is 865. The molecule has 0 heterocycles. The van der Waals surface area contributed by atoms with E-state index < -0.39 is 16.0 Å². The molecular weight excluding hydrogens is 364 g/mol. The van der Waals surface area contributed by atoms with Crippen LogP contribution in [0.2, 0.25) is 0 Å². The minimum atomic E-state index is -3.84. The van der Waals surface area contributed by atoms with Gasteiger partial charge in [-0.3, -0.25) is 0 Å². The second-order valence-corrected chi connectivity index (χ2v) is 8.49. The third kappa shape index (κ3) is 6.37. The third-order valence-electron chi connectivity index (χ3n) is 4.10. The molecule has 0 saturated heterocycles. The van der Waals surface area contributed by atoms with Crippen LogP contribution in [0, 0.1) is 5.92 Å². The van der Waals surface area contributed by atoms with Gasteiger partial charge in [-0.25, -0.2) is 17.9 Å². The lowest BCUT2D eigenvalue weighted by Gasteiger charge is -2.15. The van der Waals surface area contributed by atoms with Gasteiger partial charge in [-0.15, -0.1) is 0 Å². The van der Waals surface area contributed by atoms with Crippen molar-refractivity contribution < 1.29 is 18.3 Å². The van der Waals surface area contributed by atoms with Crippen LogP contribution < -0.4 is 10.0 Å². The Hall–Kier alpha value is -2.38. The largest absolute Gasteiger partial charge is 0.478 e. The molecule has 0 bridgehead atoms. The molecule has 0 spiro atoms. The molecule has 2 aromatic rings. The van der Waals surface area contributed by atoms with Crippen LogP contribution >= 0.6 is 0 Å². The van der Waals surface area contributed by atoms with Gasteiger partial charge in [-0.1, -0.05) is 44.2 Å². The van der Waals surface area contributed by atoms with Crippen LogP contribution in [-0.2, 0) is 16.4 Å². The quantitative estimate of drug-likeness (QED) is 0.578. The second kappa shape index (κ2) is 9.53. The molecule has 0 aliphatic carbocycles. The summed E-state index contributed by atoms with van der Waals surface area (Å²) in [5, 5.41) is 12.3. The van der Waals surface area contributed by atoms with Gasteiger partial charge in [0.05, 0.1) is 11.3 Å². The molecular formula is C20H26N2O4S. The summed E-state index contributed by atoms with van der Waals surface area (Å²) in [6.45, 7) is 5.00. The molecule has 27 heavy (non-hydrogen) atoms. The minimum Gasteiger partial charge on any atom is -0.478 e. The van der Waals surface area contributed by atoms with Crippen molar-refractivity contribution in [3.63, 3.8) is 0 Å². The monoisotopic (exact) mass is 390 g/mol. The molecule has 0 radical (unpaired) electrons. The van der Waals surface area contributed by atoms with Crippen LogP contribution in [0.1, 0.15) is 36.2 Å². The van der Waals surface area contributed by atoms with Gasteiger partial charge in [-0.05, 0) is 42.5 Å². The average Bonchev–Trinajstić information content (AvgIpc) is 2.62. The molecule has 6 nitrogen and oxygen atoms in total. The Labute approximate surface area is 160 Å². The smallest absolute Gasteiger partial charge is 0.335 e. The van der Waals surface area contributed by atoms with Crippen molar-refractivity contribution >= 4 is 21.7 Å². The summed E-state index contributed by atoms with van der Waals surface area (Å²) in [7, 11) is -3.84. The van der Waals surface area contributed by atoms with E-state index in [0.717, 1.165) is 12.0 Å². The summed E-state index contributed by atoms with van der Waals surface area (Å²) in [4.78, 5) is 11.2. The highest BCUT2D eigenvalue weighted by molar-refractivity contribution is 7.89. The van der Waals surface area contributed by atoms with Crippen LogP contribution in [-0.4, -0.2) is 32.6 Å². The zero-order valence-corrected chi connectivity index (χ0v) is 16.4. The number of nitrogens with one attached hydrogen (secondary N) is 2. The van der Waals surface area contributed by atoms with Crippen molar-refractivity contribution in [1.29, 1.82) is 0 Å². The molecule has 7 heteroatoms. The molecule has 0 fully saturated rings. The molecule has 0 atom stereocenters. The molecule has 0 aromatic heterocycles. The van der Waals surface area contributed by atoms with Gasteiger partial charge in [0.2, 0.25) is 10.0 Å². The van der Waals surface area contributed by atoms with E-state index in [4.69, 9.17) is 0 Å². The maximum atomic E-state index is 12.8. The molecule has 0 unspecified atom stereocenters. The molecule has 0 aliphatic heterocycles. The lowest BCUT2D eigenvalue weighted by molar-refractivity contribution is 0.0696. The Balaban J connectivity index is 2.17. The number of hydrogen-bond donors (Lipinski definition) is 3. The first-order chi connectivity index (χ1) is 12.8. The van der Waals surface area contributed by atoms with Gasteiger partial charge in [0.15, 0.2) is 0 Å². The van der Waals surface area contributed by atoms with E-state index in [9.17, 15) is 18.3 Å². The topological polar surface area (TPSA) is 95.5 Å². The fourth-order valence-corrected chi connectivity index (χ4v) is 3.81.